The Labute approximate surface area is 129 Å². The summed E-state index contributed by atoms with van der Waals surface area (Å²) in [7, 11) is 0. The molecule has 0 saturated heterocycles. The highest BCUT2D eigenvalue weighted by Gasteiger charge is 2.08. The van der Waals surface area contributed by atoms with Crippen molar-refractivity contribution in [1.82, 2.24) is 0 Å². The van der Waals surface area contributed by atoms with Crippen LogP contribution in [0, 0.1) is 20.7 Å². The molecule has 0 radical (unpaired) electrons. The van der Waals surface area contributed by atoms with Crippen molar-refractivity contribution in [2.24, 2.45) is 0 Å². The van der Waals surface area contributed by atoms with Crippen LogP contribution >= 0.6 is 22.6 Å². The molecule has 2 rings (SSSR count). The summed E-state index contributed by atoms with van der Waals surface area (Å²) in [6, 6.07) is 12.7. The lowest BCUT2D eigenvalue weighted by atomic mass is 10.1. The van der Waals surface area contributed by atoms with Gasteiger partial charge in [0.1, 0.15) is 17.6 Å². The van der Waals surface area contributed by atoms with Crippen molar-refractivity contribution in [3.63, 3.8) is 0 Å². The van der Waals surface area contributed by atoms with Crippen LogP contribution in [0.1, 0.15) is 15.9 Å². The van der Waals surface area contributed by atoms with Crippen molar-refractivity contribution in [1.29, 1.82) is 5.26 Å². The molecule has 0 spiro atoms. The van der Waals surface area contributed by atoms with Crippen molar-refractivity contribution < 1.29 is 13.9 Å². The van der Waals surface area contributed by atoms with Gasteiger partial charge in [-0.2, -0.15) is 5.26 Å². The highest BCUT2D eigenvalue weighted by molar-refractivity contribution is 14.1. The van der Waals surface area contributed by atoms with Crippen LogP contribution in [-0.2, 0) is 0 Å². The SMILES string of the molecule is N#Cc1ccc(OCC(=O)c2ccc(I)cc2)cc1F. The molecule has 0 atom stereocenters. The van der Waals surface area contributed by atoms with Crippen LogP contribution in [0.3, 0.4) is 0 Å². The minimum Gasteiger partial charge on any atom is -0.485 e. The van der Waals surface area contributed by atoms with Gasteiger partial charge in [-0.3, -0.25) is 4.79 Å². The molecule has 0 saturated carbocycles. The predicted molar refractivity (Wildman–Crippen MR) is 80.1 cm³/mol. The van der Waals surface area contributed by atoms with E-state index in [1.165, 1.54) is 12.1 Å². The summed E-state index contributed by atoms with van der Waals surface area (Å²) in [5.41, 5.74) is 0.487. The van der Waals surface area contributed by atoms with Crippen LogP contribution in [0.15, 0.2) is 42.5 Å². The van der Waals surface area contributed by atoms with E-state index in [-0.39, 0.29) is 23.7 Å². The maximum Gasteiger partial charge on any atom is 0.200 e. The predicted octanol–water partition coefficient (Wildman–Crippen LogP) is 3.56. The molecule has 0 aliphatic heterocycles. The zero-order valence-corrected chi connectivity index (χ0v) is 12.4. The lowest BCUT2D eigenvalue weighted by Gasteiger charge is -2.06. The second-order valence-electron chi connectivity index (χ2n) is 3.97. The molecule has 3 nitrogen and oxygen atoms in total. The average molecular weight is 381 g/mol. The molecule has 0 aliphatic carbocycles. The molecule has 0 heterocycles. The fourth-order valence-corrected chi connectivity index (χ4v) is 1.90. The molecule has 0 unspecified atom stereocenters. The summed E-state index contributed by atoms with van der Waals surface area (Å²) < 4.78 is 19.6. The Morgan fingerprint density at radius 3 is 2.55 bits per heavy atom. The summed E-state index contributed by atoms with van der Waals surface area (Å²) in [6.07, 6.45) is 0. The summed E-state index contributed by atoms with van der Waals surface area (Å²) >= 11 is 2.15. The Hall–Kier alpha value is -1.94. The average Bonchev–Trinajstić information content (AvgIpc) is 2.45. The third-order valence-corrected chi connectivity index (χ3v) is 3.32. The summed E-state index contributed by atoms with van der Waals surface area (Å²) in [4.78, 5) is 11.9. The van der Waals surface area contributed by atoms with Crippen molar-refractivity contribution >= 4 is 28.4 Å². The second kappa shape index (κ2) is 6.48. The Morgan fingerprint density at radius 1 is 1.25 bits per heavy atom. The van der Waals surface area contributed by atoms with Crippen molar-refractivity contribution in [3.05, 3.63) is 63.0 Å². The quantitative estimate of drug-likeness (QED) is 0.601. The van der Waals surface area contributed by atoms with Gasteiger partial charge < -0.3 is 4.74 Å². The van der Waals surface area contributed by atoms with Gasteiger partial charge in [-0.15, -0.1) is 0 Å². The molecule has 0 aromatic heterocycles. The van der Waals surface area contributed by atoms with E-state index in [0.29, 0.717) is 5.56 Å². The summed E-state index contributed by atoms with van der Waals surface area (Å²) in [6.45, 7) is -0.175. The normalized spacial score (nSPS) is 9.85. The monoisotopic (exact) mass is 381 g/mol. The first-order valence-electron chi connectivity index (χ1n) is 5.71. The maximum absolute atomic E-state index is 13.4. The van der Waals surface area contributed by atoms with Crippen LogP contribution < -0.4 is 4.74 Å². The van der Waals surface area contributed by atoms with Gasteiger partial charge in [0, 0.05) is 15.2 Å². The number of rotatable bonds is 4. The van der Waals surface area contributed by atoms with Crippen molar-refractivity contribution in [3.8, 4) is 11.8 Å². The van der Waals surface area contributed by atoms with Gasteiger partial charge in [0.05, 0.1) is 5.56 Å². The summed E-state index contributed by atoms with van der Waals surface area (Å²) in [5, 5.41) is 8.61. The molecule has 100 valence electrons. The number of Topliss-reactive ketones (excluding diaryl/α,β-unsaturated/α-hetero) is 1. The molecule has 0 fully saturated rings. The minimum absolute atomic E-state index is 0.0543. The molecule has 5 heteroatoms. The van der Waals surface area contributed by atoms with Crippen LogP contribution in [0.5, 0.6) is 5.75 Å². The third-order valence-electron chi connectivity index (χ3n) is 2.60. The molecule has 0 bridgehead atoms. The van der Waals surface area contributed by atoms with E-state index in [1.807, 2.05) is 12.1 Å². The van der Waals surface area contributed by atoms with Crippen molar-refractivity contribution in [2.75, 3.05) is 6.61 Å². The standard InChI is InChI=1S/C15H9FINO2/c16-14-7-13(6-3-11(14)8-18)20-9-15(19)10-1-4-12(17)5-2-10/h1-7H,9H2. The van der Waals surface area contributed by atoms with Gasteiger partial charge in [-0.05, 0) is 46.9 Å². The van der Waals surface area contributed by atoms with Gasteiger partial charge in [-0.25, -0.2) is 4.39 Å². The van der Waals surface area contributed by atoms with Crippen LogP contribution in [0.2, 0.25) is 0 Å². The molecule has 20 heavy (non-hydrogen) atoms. The van der Waals surface area contributed by atoms with Crippen LogP contribution in [0.4, 0.5) is 4.39 Å². The molecular weight excluding hydrogens is 372 g/mol. The topological polar surface area (TPSA) is 50.1 Å². The summed E-state index contributed by atoms with van der Waals surface area (Å²) in [5.74, 6) is -0.627. The van der Waals surface area contributed by atoms with Gasteiger partial charge in [0.25, 0.3) is 0 Å². The number of halogens is 2. The number of nitriles is 1. The number of benzene rings is 2. The molecule has 0 amide bonds. The van der Waals surface area contributed by atoms with E-state index in [9.17, 15) is 9.18 Å². The number of carbonyl (C=O) groups is 1. The van der Waals surface area contributed by atoms with E-state index in [4.69, 9.17) is 10.00 Å². The maximum atomic E-state index is 13.4. The molecular formula is C15H9FINO2. The van der Waals surface area contributed by atoms with Gasteiger partial charge in [-0.1, -0.05) is 12.1 Å². The van der Waals surface area contributed by atoms with E-state index in [0.717, 1.165) is 9.64 Å². The number of hydrogen-bond donors (Lipinski definition) is 0. The number of hydrogen-bond acceptors (Lipinski definition) is 3. The first kappa shape index (κ1) is 14.5. The zero-order valence-electron chi connectivity index (χ0n) is 10.3. The number of carbonyl (C=O) groups excluding carboxylic acids is 1. The van der Waals surface area contributed by atoms with Gasteiger partial charge in [0.15, 0.2) is 12.4 Å². The smallest absolute Gasteiger partial charge is 0.200 e. The Balaban J connectivity index is 2.02. The van der Waals surface area contributed by atoms with Crippen LogP contribution in [-0.4, -0.2) is 12.4 Å². The number of ether oxygens (including phenoxy) is 1. The van der Waals surface area contributed by atoms with Gasteiger partial charge >= 0.3 is 0 Å². The first-order chi connectivity index (χ1) is 9.60. The number of ketones is 1. The van der Waals surface area contributed by atoms with Gasteiger partial charge in [0.2, 0.25) is 0 Å². The molecule has 2 aromatic carbocycles. The first-order valence-corrected chi connectivity index (χ1v) is 6.79. The van der Waals surface area contributed by atoms with Crippen LogP contribution in [0.25, 0.3) is 0 Å². The second-order valence-corrected chi connectivity index (χ2v) is 5.22. The lowest BCUT2D eigenvalue weighted by Crippen LogP contribution is -2.11. The Bertz CT molecular complexity index is 677. The highest BCUT2D eigenvalue weighted by atomic mass is 127. The fourth-order valence-electron chi connectivity index (χ4n) is 1.54. The van der Waals surface area contributed by atoms with E-state index < -0.39 is 5.82 Å². The Kier molecular flexibility index (Phi) is 4.69. The fraction of sp³-hybridized carbons (Fsp3) is 0.0667. The molecule has 0 aliphatic rings. The molecule has 0 N–H and O–H groups in total. The largest absolute Gasteiger partial charge is 0.485 e. The Morgan fingerprint density at radius 2 is 1.95 bits per heavy atom. The lowest BCUT2D eigenvalue weighted by molar-refractivity contribution is 0.0921. The van der Waals surface area contributed by atoms with E-state index in [1.54, 1.807) is 18.2 Å². The van der Waals surface area contributed by atoms with Crippen molar-refractivity contribution in [2.45, 2.75) is 0 Å². The van der Waals surface area contributed by atoms with E-state index in [2.05, 4.69) is 22.6 Å². The zero-order chi connectivity index (χ0) is 14.5. The molecule has 2 aromatic rings. The third kappa shape index (κ3) is 3.54. The van der Waals surface area contributed by atoms with E-state index >= 15 is 0 Å². The minimum atomic E-state index is -0.660. The number of nitrogens with zero attached hydrogens (tertiary/aromatic N) is 1. The highest BCUT2D eigenvalue weighted by Crippen LogP contribution is 2.16.